The Morgan fingerprint density at radius 2 is 1.83 bits per heavy atom. The van der Waals surface area contributed by atoms with Crippen LogP contribution in [-0.2, 0) is 4.79 Å². The molecule has 0 radical (unpaired) electrons. The van der Waals surface area contributed by atoms with Gasteiger partial charge in [-0.25, -0.2) is 4.98 Å². The minimum atomic E-state index is -0.462. The van der Waals surface area contributed by atoms with Gasteiger partial charge in [0.2, 0.25) is 5.91 Å². The predicted molar refractivity (Wildman–Crippen MR) is 141 cm³/mol. The molecule has 1 aromatic heterocycles. The van der Waals surface area contributed by atoms with E-state index < -0.39 is 5.37 Å². The normalized spacial score (nSPS) is 15.7. The van der Waals surface area contributed by atoms with Crippen LogP contribution in [0.5, 0.6) is 17.2 Å². The second-order valence-electron chi connectivity index (χ2n) is 7.93. The van der Waals surface area contributed by atoms with Crippen LogP contribution < -0.4 is 14.4 Å². The monoisotopic (exact) mass is 520 g/mol. The van der Waals surface area contributed by atoms with E-state index in [2.05, 4.69) is 15.2 Å². The van der Waals surface area contributed by atoms with Crippen LogP contribution in [0.25, 0.3) is 10.9 Å². The number of ether oxygens (including phenoxy) is 2. The molecule has 36 heavy (non-hydrogen) atoms. The van der Waals surface area contributed by atoms with Crippen LogP contribution in [0, 0.1) is 0 Å². The summed E-state index contributed by atoms with van der Waals surface area (Å²) in [6, 6.07) is 19.3. The summed E-state index contributed by atoms with van der Waals surface area (Å²) in [5, 5.41) is 19.6. The molecular weight excluding hydrogens is 500 g/mol. The highest BCUT2D eigenvalue weighted by molar-refractivity contribution is 8.00. The molecule has 2 heterocycles. The van der Waals surface area contributed by atoms with Crippen LogP contribution in [-0.4, -0.2) is 36.0 Å². The standard InChI is InChI=1S/C26H21ClN4O4S/c1-34-18-5-3-4-16(11-18)29-30-21-9-7-17(32)12-23(21)31-24(33)14-36-26(31)20-10-15-6-8-19(35-2)13-22(15)28-25(20)27/h3-13,26,32H,14H2,1-2H3. The van der Waals surface area contributed by atoms with Crippen LogP contribution in [0.1, 0.15) is 10.9 Å². The maximum Gasteiger partial charge on any atom is 0.238 e. The van der Waals surface area contributed by atoms with E-state index >= 15 is 0 Å². The van der Waals surface area contributed by atoms with Gasteiger partial charge in [-0.15, -0.1) is 16.9 Å². The summed E-state index contributed by atoms with van der Waals surface area (Å²) in [6.07, 6.45) is 0. The molecule has 1 N–H and O–H groups in total. The third-order valence-electron chi connectivity index (χ3n) is 5.68. The molecule has 1 saturated heterocycles. The largest absolute Gasteiger partial charge is 0.508 e. The van der Waals surface area contributed by atoms with Crippen molar-refractivity contribution in [1.29, 1.82) is 0 Å². The fourth-order valence-corrected chi connectivity index (χ4v) is 5.42. The van der Waals surface area contributed by atoms with Gasteiger partial charge in [0, 0.05) is 29.1 Å². The number of amides is 1. The van der Waals surface area contributed by atoms with Crippen LogP contribution >= 0.6 is 23.4 Å². The summed E-state index contributed by atoms with van der Waals surface area (Å²) in [5.74, 6) is 1.43. The average molecular weight is 521 g/mol. The number of hydrogen-bond donors (Lipinski definition) is 1. The van der Waals surface area contributed by atoms with Crippen LogP contribution in [0.15, 0.2) is 77.0 Å². The molecule has 1 amide bonds. The highest BCUT2D eigenvalue weighted by Gasteiger charge is 2.37. The van der Waals surface area contributed by atoms with Crippen molar-refractivity contribution in [1.82, 2.24) is 4.98 Å². The number of methoxy groups -OCH3 is 2. The molecule has 8 nitrogen and oxygen atoms in total. The molecule has 3 aromatic carbocycles. The van der Waals surface area contributed by atoms with Crippen molar-refractivity contribution < 1.29 is 19.4 Å². The zero-order valence-corrected chi connectivity index (χ0v) is 21.0. The number of carbonyl (C=O) groups is 1. The molecule has 182 valence electrons. The summed E-state index contributed by atoms with van der Waals surface area (Å²) < 4.78 is 10.5. The first-order valence-corrected chi connectivity index (χ1v) is 12.4. The summed E-state index contributed by atoms with van der Waals surface area (Å²) in [6.45, 7) is 0. The lowest BCUT2D eigenvalue weighted by atomic mass is 10.1. The predicted octanol–water partition coefficient (Wildman–Crippen LogP) is 6.81. The van der Waals surface area contributed by atoms with E-state index in [-0.39, 0.29) is 22.6 Å². The summed E-state index contributed by atoms with van der Waals surface area (Å²) in [4.78, 5) is 19.2. The van der Waals surface area contributed by atoms with E-state index in [0.29, 0.717) is 39.6 Å². The number of phenolic OH excluding ortho intramolecular Hbond substituents is 1. The molecule has 10 heteroatoms. The Hall–Kier alpha value is -3.82. The number of fused-ring (bicyclic) bond motifs is 1. The van der Waals surface area contributed by atoms with Crippen LogP contribution in [0.4, 0.5) is 17.1 Å². The van der Waals surface area contributed by atoms with Crippen molar-refractivity contribution in [3.8, 4) is 17.2 Å². The van der Waals surface area contributed by atoms with Crippen LogP contribution in [0.2, 0.25) is 5.15 Å². The Morgan fingerprint density at radius 3 is 2.64 bits per heavy atom. The maximum absolute atomic E-state index is 13.1. The van der Waals surface area contributed by atoms with Gasteiger partial charge in [-0.3, -0.25) is 9.69 Å². The number of halogens is 1. The third kappa shape index (κ3) is 4.67. The molecule has 5 rings (SSSR count). The lowest BCUT2D eigenvalue weighted by Crippen LogP contribution is -2.28. The maximum atomic E-state index is 13.1. The van der Waals surface area contributed by atoms with E-state index in [0.717, 1.165) is 5.39 Å². The zero-order chi connectivity index (χ0) is 25.2. The van der Waals surface area contributed by atoms with Crippen molar-refractivity contribution in [2.45, 2.75) is 5.37 Å². The van der Waals surface area contributed by atoms with Crippen molar-refractivity contribution in [3.05, 3.63) is 77.4 Å². The number of anilines is 1. The first-order valence-electron chi connectivity index (χ1n) is 10.9. The van der Waals surface area contributed by atoms with Gasteiger partial charge in [0.25, 0.3) is 0 Å². The summed E-state index contributed by atoms with van der Waals surface area (Å²) >= 11 is 8.04. The highest BCUT2D eigenvalue weighted by Crippen LogP contribution is 2.48. The number of pyridine rings is 1. The zero-order valence-electron chi connectivity index (χ0n) is 19.4. The number of nitrogens with zero attached hydrogens (tertiary/aromatic N) is 4. The van der Waals surface area contributed by atoms with E-state index in [1.54, 1.807) is 37.3 Å². The summed E-state index contributed by atoms with van der Waals surface area (Å²) in [7, 11) is 3.17. The minimum Gasteiger partial charge on any atom is -0.508 e. The number of carbonyl (C=O) groups excluding carboxylic acids is 1. The number of benzene rings is 3. The highest BCUT2D eigenvalue weighted by atomic mass is 35.5. The molecule has 4 aromatic rings. The van der Waals surface area contributed by atoms with E-state index in [1.165, 1.54) is 23.9 Å². The van der Waals surface area contributed by atoms with Gasteiger partial charge in [-0.05, 0) is 42.5 Å². The molecule has 0 aliphatic carbocycles. The lowest BCUT2D eigenvalue weighted by molar-refractivity contribution is -0.115. The Kier molecular flexibility index (Phi) is 6.67. The van der Waals surface area contributed by atoms with Gasteiger partial charge in [0.15, 0.2) is 0 Å². The van der Waals surface area contributed by atoms with E-state index in [1.807, 2.05) is 36.4 Å². The van der Waals surface area contributed by atoms with Crippen molar-refractivity contribution in [3.63, 3.8) is 0 Å². The van der Waals surface area contributed by atoms with Gasteiger partial charge < -0.3 is 14.6 Å². The second-order valence-corrected chi connectivity index (χ2v) is 9.36. The smallest absolute Gasteiger partial charge is 0.238 e. The van der Waals surface area contributed by atoms with Crippen molar-refractivity contribution >= 4 is 57.2 Å². The second kappa shape index (κ2) is 10.0. The number of azo groups is 1. The molecule has 0 bridgehead atoms. The SMILES string of the molecule is COc1cccc(N=Nc2ccc(O)cc2N2C(=O)CSC2c2cc3ccc(OC)cc3nc2Cl)c1. The fourth-order valence-electron chi connectivity index (χ4n) is 3.93. The first-order chi connectivity index (χ1) is 17.5. The Bertz CT molecular complexity index is 1500. The molecule has 1 aliphatic rings. The van der Waals surface area contributed by atoms with Crippen LogP contribution in [0.3, 0.4) is 0 Å². The Balaban J connectivity index is 1.56. The minimum absolute atomic E-state index is 0.00334. The fraction of sp³-hybridized carbons (Fsp3) is 0.154. The van der Waals surface area contributed by atoms with Crippen molar-refractivity contribution in [2.24, 2.45) is 10.2 Å². The molecular formula is C26H21ClN4O4S. The lowest BCUT2D eigenvalue weighted by Gasteiger charge is -2.26. The van der Waals surface area contributed by atoms with Gasteiger partial charge in [0.1, 0.15) is 33.5 Å². The first kappa shape index (κ1) is 23.9. The molecule has 0 saturated carbocycles. The molecule has 0 spiro atoms. The quantitative estimate of drug-likeness (QED) is 0.222. The van der Waals surface area contributed by atoms with Gasteiger partial charge in [-0.1, -0.05) is 17.7 Å². The number of phenols is 1. The topological polar surface area (TPSA) is 96.6 Å². The van der Waals surface area contributed by atoms with Gasteiger partial charge in [0.05, 0.1) is 36.9 Å². The van der Waals surface area contributed by atoms with Gasteiger partial charge >= 0.3 is 0 Å². The molecule has 1 aliphatic heterocycles. The summed E-state index contributed by atoms with van der Waals surface area (Å²) in [5.41, 5.74) is 2.81. The number of rotatable bonds is 6. The van der Waals surface area contributed by atoms with Crippen molar-refractivity contribution in [2.75, 3.05) is 24.9 Å². The molecule has 1 atom stereocenters. The Morgan fingerprint density at radius 1 is 1.03 bits per heavy atom. The third-order valence-corrected chi connectivity index (χ3v) is 7.18. The van der Waals surface area contributed by atoms with Gasteiger partial charge in [-0.2, -0.15) is 5.11 Å². The van der Waals surface area contributed by atoms with E-state index in [9.17, 15) is 9.90 Å². The number of hydrogen-bond acceptors (Lipinski definition) is 8. The number of thioether (sulfide) groups is 1. The number of aromatic nitrogens is 1. The molecule has 1 unspecified atom stereocenters. The molecule has 1 fully saturated rings. The Labute approximate surface area is 216 Å². The van der Waals surface area contributed by atoms with E-state index in [4.69, 9.17) is 21.1 Å². The average Bonchev–Trinajstić information content (AvgIpc) is 3.27. The number of aromatic hydroxyl groups is 1.